The highest BCUT2D eigenvalue weighted by molar-refractivity contribution is 6.30. The molecule has 1 aromatic rings. The maximum Gasteiger partial charge on any atom is 0.306 e. The van der Waals surface area contributed by atoms with Gasteiger partial charge < -0.3 is 10.0 Å². The molecule has 0 amide bonds. The summed E-state index contributed by atoms with van der Waals surface area (Å²) >= 11 is 6.01. The first-order valence-corrected chi connectivity index (χ1v) is 6.68. The molecule has 1 aliphatic rings. The van der Waals surface area contributed by atoms with E-state index in [-0.39, 0.29) is 12.0 Å². The molecule has 3 nitrogen and oxygen atoms in total. The van der Waals surface area contributed by atoms with Gasteiger partial charge in [-0.3, -0.25) is 4.79 Å². The number of anilines is 1. The van der Waals surface area contributed by atoms with Gasteiger partial charge in [0.2, 0.25) is 0 Å². The van der Waals surface area contributed by atoms with Crippen LogP contribution < -0.4 is 4.90 Å². The molecule has 0 radical (unpaired) electrons. The number of hydrogen-bond donors (Lipinski definition) is 1. The number of fused-ring (bicyclic) bond motifs is 1. The third kappa shape index (κ3) is 2.46. The van der Waals surface area contributed by atoms with Crippen LogP contribution in [0.4, 0.5) is 5.69 Å². The fourth-order valence-electron chi connectivity index (χ4n) is 2.71. The molecule has 0 spiro atoms. The molecule has 1 heterocycles. The van der Waals surface area contributed by atoms with Gasteiger partial charge in [-0.15, -0.1) is 0 Å². The van der Waals surface area contributed by atoms with Crippen LogP contribution in [0.5, 0.6) is 0 Å². The molecular weight excluding hydrogens is 250 g/mol. The van der Waals surface area contributed by atoms with Crippen LogP contribution in [0.3, 0.4) is 0 Å². The Labute approximate surface area is 112 Å². The number of carboxylic acid groups (broad SMARTS) is 1. The number of carbonyl (C=O) groups is 1. The van der Waals surface area contributed by atoms with Crippen LogP contribution in [-0.2, 0) is 11.2 Å². The van der Waals surface area contributed by atoms with E-state index in [0.29, 0.717) is 6.42 Å². The van der Waals surface area contributed by atoms with Gasteiger partial charge in [-0.2, -0.15) is 0 Å². The number of halogens is 1. The van der Waals surface area contributed by atoms with E-state index in [1.54, 1.807) is 6.92 Å². The normalized spacial score (nSPS) is 19.7. The predicted molar refractivity (Wildman–Crippen MR) is 73.4 cm³/mol. The van der Waals surface area contributed by atoms with Crippen LogP contribution in [-0.4, -0.2) is 23.7 Å². The lowest BCUT2D eigenvalue weighted by molar-refractivity contribution is -0.141. The van der Waals surface area contributed by atoms with Crippen LogP contribution >= 0.6 is 11.6 Å². The van der Waals surface area contributed by atoms with Crippen molar-refractivity contribution in [1.29, 1.82) is 0 Å². The van der Waals surface area contributed by atoms with E-state index in [0.717, 1.165) is 18.0 Å². The Morgan fingerprint density at radius 1 is 1.61 bits per heavy atom. The molecule has 4 heteroatoms. The highest BCUT2D eigenvalue weighted by atomic mass is 35.5. The van der Waals surface area contributed by atoms with Crippen molar-refractivity contribution in [3.63, 3.8) is 0 Å². The van der Waals surface area contributed by atoms with Crippen LogP contribution in [0.1, 0.15) is 25.8 Å². The van der Waals surface area contributed by atoms with E-state index in [2.05, 4.69) is 11.8 Å². The smallest absolute Gasteiger partial charge is 0.306 e. The fraction of sp³-hybridized carbons (Fsp3) is 0.500. The zero-order valence-corrected chi connectivity index (χ0v) is 11.4. The highest BCUT2D eigenvalue weighted by Crippen LogP contribution is 2.36. The third-order valence-electron chi connectivity index (χ3n) is 3.64. The monoisotopic (exact) mass is 267 g/mol. The molecule has 0 saturated carbocycles. The molecule has 1 aromatic carbocycles. The van der Waals surface area contributed by atoms with E-state index >= 15 is 0 Å². The van der Waals surface area contributed by atoms with Gasteiger partial charge in [-0.25, -0.2) is 0 Å². The quantitative estimate of drug-likeness (QED) is 0.911. The zero-order chi connectivity index (χ0) is 13.3. The van der Waals surface area contributed by atoms with Gasteiger partial charge in [-0.05, 0) is 43.5 Å². The molecule has 0 bridgehead atoms. The predicted octanol–water partition coefficient (Wildman–Crippen LogP) is 3.20. The average Bonchev–Trinajstić information content (AvgIpc) is 2.64. The van der Waals surface area contributed by atoms with Gasteiger partial charge in [0.15, 0.2) is 0 Å². The molecule has 18 heavy (non-hydrogen) atoms. The van der Waals surface area contributed by atoms with E-state index in [1.165, 1.54) is 11.3 Å². The number of rotatable bonds is 4. The second kappa shape index (κ2) is 5.19. The summed E-state index contributed by atoms with van der Waals surface area (Å²) in [4.78, 5) is 13.3. The lowest BCUT2D eigenvalue weighted by Gasteiger charge is -2.27. The standard InChI is InChI=1S/C14H18ClNO2/c1-3-16-12(6-9(2)14(17)18)8-10-7-11(15)4-5-13(10)16/h4-5,7,9,12H,3,6,8H2,1-2H3,(H,17,18). The first-order valence-electron chi connectivity index (χ1n) is 6.30. The summed E-state index contributed by atoms with van der Waals surface area (Å²) in [5.41, 5.74) is 2.43. The minimum atomic E-state index is -0.722. The zero-order valence-electron chi connectivity index (χ0n) is 10.7. The Balaban J connectivity index is 2.19. The van der Waals surface area contributed by atoms with Gasteiger partial charge in [0.25, 0.3) is 0 Å². The van der Waals surface area contributed by atoms with Gasteiger partial charge in [0.05, 0.1) is 5.92 Å². The average molecular weight is 268 g/mol. The summed E-state index contributed by atoms with van der Waals surface area (Å²) in [5, 5.41) is 9.77. The minimum Gasteiger partial charge on any atom is -0.481 e. The van der Waals surface area contributed by atoms with Crippen LogP contribution in [0.25, 0.3) is 0 Å². The molecule has 1 N–H and O–H groups in total. The third-order valence-corrected chi connectivity index (χ3v) is 3.87. The number of benzene rings is 1. The Bertz CT molecular complexity index is 461. The number of likely N-dealkylation sites (N-methyl/N-ethyl adjacent to an activating group) is 1. The Kier molecular flexibility index (Phi) is 3.81. The second-order valence-corrected chi connectivity index (χ2v) is 5.33. The number of aliphatic carboxylic acids is 1. The van der Waals surface area contributed by atoms with Gasteiger partial charge in [0, 0.05) is 23.3 Å². The maximum atomic E-state index is 11.0. The fourth-order valence-corrected chi connectivity index (χ4v) is 2.90. The first-order chi connectivity index (χ1) is 8.52. The summed E-state index contributed by atoms with van der Waals surface area (Å²) in [7, 11) is 0. The van der Waals surface area contributed by atoms with E-state index in [4.69, 9.17) is 16.7 Å². The highest BCUT2D eigenvalue weighted by Gasteiger charge is 2.30. The Hall–Kier alpha value is -1.22. The molecule has 2 atom stereocenters. The lowest BCUT2D eigenvalue weighted by Crippen LogP contribution is -2.34. The molecule has 0 saturated heterocycles. The van der Waals surface area contributed by atoms with Crippen molar-refractivity contribution in [2.75, 3.05) is 11.4 Å². The summed E-state index contributed by atoms with van der Waals surface area (Å²) in [6.45, 7) is 4.76. The summed E-state index contributed by atoms with van der Waals surface area (Å²) in [6.07, 6.45) is 1.57. The van der Waals surface area contributed by atoms with Crippen molar-refractivity contribution in [3.05, 3.63) is 28.8 Å². The lowest BCUT2D eigenvalue weighted by atomic mass is 9.99. The molecule has 2 unspecified atom stereocenters. The van der Waals surface area contributed by atoms with E-state index in [1.807, 2.05) is 18.2 Å². The van der Waals surface area contributed by atoms with Crippen molar-refractivity contribution < 1.29 is 9.90 Å². The van der Waals surface area contributed by atoms with Crippen LogP contribution in [0.15, 0.2) is 18.2 Å². The topological polar surface area (TPSA) is 40.5 Å². The largest absolute Gasteiger partial charge is 0.481 e. The van der Waals surface area contributed by atoms with Crippen molar-refractivity contribution in [1.82, 2.24) is 0 Å². The first kappa shape index (κ1) is 13.2. The van der Waals surface area contributed by atoms with E-state index in [9.17, 15) is 4.79 Å². The van der Waals surface area contributed by atoms with Crippen molar-refractivity contribution in [2.45, 2.75) is 32.7 Å². The Morgan fingerprint density at radius 2 is 2.33 bits per heavy atom. The second-order valence-electron chi connectivity index (χ2n) is 4.89. The minimum absolute atomic E-state index is 0.273. The molecule has 0 aliphatic carbocycles. The molecule has 2 rings (SSSR count). The molecule has 0 aromatic heterocycles. The van der Waals surface area contributed by atoms with Crippen molar-refractivity contribution >= 4 is 23.3 Å². The Morgan fingerprint density at radius 3 is 2.94 bits per heavy atom. The van der Waals surface area contributed by atoms with Crippen molar-refractivity contribution in [3.8, 4) is 0 Å². The molecule has 0 fully saturated rings. The number of nitrogens with zero attached hydrogens (tertiary/aromatic N) is 1. The van der Waals surface area contributed by atoms with E-state index < -0.39 is 5.97 Å². The molecular formula is C14H18ClNO2. The SMILES string of the molecule is CCN1c2ccc(Cl)cc2CC1CC(C)C(=O)O. The summed E-state index contributed by atoms with van der Waals surface area (Å²) in [6, 6.07) is 6.19. The molecule has 98 valence electrons. The number of carboxylic acids is 1. The summed E-state index contributed by atoms with van der Waals surface area (Å²) in [5.74, 6) is -1.03. The van der Waals surface area contributed by atoms with Crippen molar-refractivity contribution in [2.24, 2.45) is 5.92 Å². The maximum absolute atomic E-state index is 11.0. The van der Waals surface area contributed by atoms with Gasteiger partial charge in [0.1, 0.15) is 0 Å². The summed E-state index contributed by atoms with van der Waals surface area (Å²) < 4.78 is 0. The van der Waals surface area contributed by atoms with Crippen LogP contribution in [0.2, 0.25) is 5.02 Å². The van der Waals surface area contributed by atoms with Gasteiger partial charge in [-0.1, -0.05) is 18.5 Å². The molecule has 1 aliphatic heterocycles. The van der Waals surface area contributed by atoms with Crippen LogP contribution in [0, 0.1) is 5.92 Å². The number of hydrogen-bond acceptors (Lipinski definition) is 2. The van der Waals surface area contributed by atoms with Gasteiger partial charge >= 0.3 is 5.97 Å².